The third-order valence-corrected chi connectivity index (χ3v) is 5.06. The number of carboxylic acids is 1. The van der Waals surface area contributed by atoms with Gasteiger partial charge in [0.2, 0.25) is 5.91 Å². The lowest BCUT2D eigenvalue weighted by atomic mass is 9.99. The summed E-state index contributed by atoms with van der Waals surface area (Å²) in [4.78, 5) is 39.3. The van der Waals surface area contributed by atoms with E-state index in [9.17, 15) is 19.5 Å². The Bertz CT molecular complexity index is 718. The summed E-state index contributed by atoms with van der Waals surface area (Å²) in [5.74, 6) is -1.79. The van der Waals surface area contributed by atoms with Gasteiger partial charge in [-0.3, -0.25) is 14.4 Å². The number of rotatable bonds is 2. The van der Waals surface area contributed by atoms with E-state index in [0.717, 1.165) is 5.69 Å². The van der Waals surface area contributed by atoms with Crippen LogP contribution >= 0.6 is 0 Å². The molecule has 1 aromatic rings. The van der Waals surface area contributed by atoms with Gasteiger partial charge in [-0.1, -0.05) is 6.92 Å². The lowest BCUT2D eigenvalue weighted by Crippen LogP contribution is -2.44. The predicted molar refractivity (Wildman–Crippen MR) is 89.1 cm³/mol. The number of anilines is 2. The molecule has 7 nitrogen and oxygen atoms in total. The molecule has 1 unspecified atom stereocenters. The summed E-state index contributed by atoms with van der Waals surface area (Å²) in [6.45, 7) is 4.30. The Labute approximate surface area is 140 Å². The third-order valence-electron chi connectivity index (χ3n) is 5.06. The number of nitrogens with one attached hydrogen (secondary N) is 1. The molecule has 24 heavy (non-hydrogen) atoms. The van der Waals surface area contributed by atoms with E-state index in [4.69, 9.17) is 0 Å². The van der Waals surface area contributed by atoms with Crippen molar-refractivity contribution in [3.63, 3.8) is 0 Å². The smallest absolute Gasteiger partial charge is 0.308 e. The molecule has 2 N–H and O–H groups in total. The van der Waals surface area contributed by atoms with E-state index in [1.807, 2.05) is 31.9 Å². The van der Waals surface area contributed by atoms with Gasteiger partial charge in [-0.15, -0.1) is 0 Å². The van der Waals surface area contributed by atoms with Gasteiger partial charge in [-0.25, -0.2) is 0 Å². The van der Waals surface area contributed by atoms with Gasteiger partial charge in [0.05, 0.1) is 17.3 Å². The molecule has 0 aromatic heterocycles. The van der Waals surface area contributed by atoms with Crippen molar-refractivity contribution in [3.8, 4) is 0 Å². The fourth-order valence-corrected chi connectivity index (χ4v) is 3.34. The number of fused-ring (bicyclic) bond motifs is 1. The molecule has 128 valence electrons. The van der Waals surface area contributed by atoms with E-state index >= 15 is 0 Å². The molecule has 2 heterocycles. The zero-order chi connectivity index (χ0) is 17.6. The number of nitrogens with zero attached hydrogens (tertiary/aromatic N) is 2. The first kappa shape index (κ1) is 16.3. The van der Waals surface area contributed by atoms with Crippen molar-refractivity contribution in [3.05, 3.63) is 23.8 Å². The van der Waals surface area contributed by atoms with Crippen molar-refractivity contribution in [1.29, 1.82) is 0 Å². The van der Waals surface area contributed by atoms with Gasteiger partial charge in [-0.2, -0.15) is 0 Å². The van der Waals surface area contributed by atoms with Crippen molar-refractivity contribution in [1.82, 2.24) is 4.90 Å². The number of carbonyl (C=O) groups excluding carboxylic acids is 2. The van der Waals surface area contributed by atoms with Crippen LogP contribution in [0.5, 0.6) is 0 Å². The molecule has 3 atom stereocenters. The number of aliphatic carboxylic acids is 1. The maximum atomic E-state index is 12.7. The summed E-state index contributed by atoms with van der Waals surface area (Å²) in [7, 11) is 1.84. The van der Waals surface area contributed by atoms with Gasteiger partial charge in [0.15, 0.2) is 0 Å². The van der Waals surface area contributed by atoms with Gasteiger partial charge < -0.3 is 20.2 Å². The second-order valence-corrected chi connectivity index (χ2v) is 6.64. The average molecular weight is 331 g/mol. The Morgan fingerprint density at radius 1 is 1.25 bits per heavy atom. The number of likely N-dealkylation sites (tertiary alicyclic amines) is 1. The predicted octanol–water partition coefficient (Wildman–Crippen LogP) is 1.26. The van der Waals surface area contributed by atoms with Crippen LogP contribution in [0, 0.1) is 11.8 Å². The van der Waals surface area contributed by atoms with Crippen LogP contribution in [0.4, 0.5) is 11.4 Å². The third kappa shape index (κ3) is 2.60. The van der Waals surface area contributed by atoms with Crippen LogP contribution in [0.1, 0.15) is 24.2 Å². The van der Waals surface area contributed by atoms with Gasteiger partial charge in [-0.05, 0) is 31.0 Å². The molecule has 0 saturated carbocycles. The minimum atomic E-state index is -0.869. The number of benzene rings is 1. The maximum absolute atomic E-state index is 12.7. The standard InChI is InChI=1S/C17H21N3O4/c1-9-7-20(8-12(9)17(23)24)16(22)11-4-5-14-13(6-11)18-15(21)10(2)19(14)3/h4-6,9-10,12H,7-8H2,1-3H3,(H,18,21)(H,23,24)/t9-,10?,12-/m1/s1. The Morgan fingerprint density at radius 3 is 2.58 bits per heavy atom. The zero-order valence-corrected chi connectivity index (χ0v) is 13.9. The first-order valence-corrected chi connectivity index (χ1v) is 7.99. The van der Waals surface area contributed by atoms with E-state index < -0.39 is 11.9 Å². The molecule has 3 rings (SSSR count). The first-order chi connectivity index (χ1) is 11.3. The Balaban J connectivity index is 1.84. The van der Waals surface area contributed by atoms with Gasteiger partial charge in [0.25, 0.3) is 5.91 Å². The number of hydrogen-bond acceptors (Lipinski definition) is 4. The molecule has 0 aliphatic carbocycles. The van der Waals surface area contributed by atoms with Crippen molar-refractivity contribution in [2.75, 3.05) is 30.4 Å². The minimum absolute atomic E-state index is 0.0734. The minimum Gasteiger partial charge on any atom is -0.481 e. The highest BCUT2D eigenvalue weighted by atomic mass is 16.4. The lowest BCUT2D eigenvalue weighted by molar-refractivity contribution is -0.142. The fourth-order valence-electron chi connectivity index (χ4n) is 3.34. The Kier molecular flexibility index (Phi) is 3.95. The van der Waals surface area contributed by atoms with Crippen LogP contribution in [0.15, 0.2) is 18.2 Å². The largest absolute Gasteiger partial charge is 0.481 e. The molecule has 1 aromatic carbocycles. The molecule has 1 saturated heterocycles. The van der Waals surface area contributed by atoms with Crippen LogP contribution < -0.4 is 10.2 Å². The summed E-state index contributed by atoms with van der Waals surface area (Å²) >= 11 is 0. The second-order valence-electron chi connectivity index (χ2n) is 6.64. The van der Waals surface area contributed by atoms with Crippen LogP contribution in [0.25, 0.3) is 0 Å². The van der Waals surface area contributed by atoms with E-state index in [0.29, 0.717) is 17.8 Å². The number of hydrogen-bond donors (Lipinski definition) is 2. The molecule has 1 fully saturated rings. The number of carboxylic acid groups (broad SMARTS) is 1. The topological polar surface area (TPSA) is 90.0 Å². The summed E-state index contributed by atoms with van der Waals surface area (Å²) in [5, 5.41) is 12.0. The number of amides is 2. The highest BCUT2D eigenvalue weighted by molar-refractivity contribution is 6.05. The van der Waals surface area contributed by atoms with Crippen LogP contribution in [-0.2, 0) is 9.59 Å². The van der Waals surface area contributed by atoms with Crippen molar-refractivity contribution >= 4 is 29.2 Å². The van der Waals surface area contributed by atoms with Crippen LogP contribution in [0.3, 0.4) is 0 Å². The molecule has 0 bridgehead atoms. The van der Waals surface area contributed by atoms with Crippen molar-refractivity contribution in [2.45, 2.75) is 19.9 Å². The lowest BCUT2D eigenvalue weighted by Gasteiger charge is -2.33. The first-order valence-electron chi connectivity index (χ1n) is 7.99. The highest BCUT2D eigenvalue weighted by Gasteiger charge is 2.37. The molecule has 2 amide bonds. The van der Waals surface area contributed by atoms with E-state index in [1.165, 1.54) is 0 Å². The van der Waals surface area contributed by atoms with Crippen LogP contribution in [0.2, 0.25) is 0 Å². The summed E-state index contributed by atoms with van der Waals surface area (Å²) < 4.78 is 0. The molecule has 7 heteroatoms. The SMILES string of the molecule is CC1C(=O)Nc2cc(C(=O)N3C[C@@H](C)[C@H](C(=O)O)C3)ccc2N1C. The average Bonchev–Trinajstić information content (AvgIpc) is 2.93. The van der Waals surface area contributed by atoms with Gasteiger partial charge in [0, 0.05) is 25.7 Å². The molecule has 0 radical (unpaired) electrons. The molecule has 2 aliphatic rings. The summed E-state index contributed by atoms with van der Waals surface area (Å²) in [5.41, 5.74) is 1.92. The van der Waals surface area contributed by atoms with Crippen LogP contribution in [-0.4, -0.2) is 54.0 Å². The van der Waals surface area contributed by atoms with Crippen molar-refractivity contribution in [2.24, 2.45) is 11.8 Å². The highest BCUT2D eigenvalue weighted by Crippen LogP contribution is 2.33. The Morgan fingerprint density at radius 2 is 1.96 bits per heavy atom. The molecule has 2 aliphatic heterocycles. The van der Waals surface area contributed by atoms with Crippen molar-refractivity contribution < 1.29 is 19.5 Å². The Hall–Kier alpha value is -2.57. The summed E-state index contributed by atoms with van der Waals surface area (Å²) in [6.07, 6.45) is 0. The number of likely N-dealkylation sites (N-methyl/N-ethyl adjacent to an activating group) is 1. The van der Waals surface area contributed by atoms with E-state index in [-0.39, 0.29) is 30.3 Å². The fraction of sp³-hybridized carbons (Fsp3) is 0.471. The molecular weight excluding hydrogens is 310 g/mol. The summed E-state index contributed by atoms with van der Waals surface area (Å²) in [6, 6.07) is 4.93. The maximum Gasteiger partial charge on any atom is 0.308 e. The quantitative estimate of drug-likeness (QED) is 0.851. The number of carbonyl (C=O) groups is 3. The monoisotopic (exact) mass is 331 g/mol. The van der Waals surface area contributed by atoms with Gasteiger partial charge >= 0.3 is 5.97 Å². The van der Waals surface area contributed by atoms with E-state index in [1.54, 1.807) is 17.0 Å². The molecule has 0 spiro atoms. The molecular formula is C17H21N3O4. The zero-order valence-electron chi connectivity index (χ0n) is 13.9. The second kappa shape index (κ2) is 5.81. The normalized spacial score (nSPS) is 26.1. The van der Waals surface area contributed by atoms with Gasteiger partial charge in [0.1, 0.15) is 6.04 Å². The van der Waals surface area contributed by atoms with E-state index in [2.05, 4.69) is 5.32 Å².